The van der Waals surface area contributed by atoms with Crippen LogP contribution in [0.5, 0.6) is 0 Å². The number of fused-ring (bicyclic) bond motifs is 1. The summed E-state index contributed by atoms with van der Waals surface area (Å²) in [4.78, 5) is 8.43. The zero-order valence-corrected chi connectivity index (χ0v) is 11.4. The fourth-order valence-corrected chi connectivity index (χ4v) is 2.07. The van der Waals surface area contributed by atoms with Gasteiger partial charge in [0, 0.05) is 25.4 Å². The first-order valence-electron chi connectivity index (χ1n) is 6.81. The maximum atomic E-state index is 5.78. The van der Waals surface area contributed by atoms with Gasteiger partial charge >= 0.3 is 0 Å². The van der Waals surface area contributed by atoms with Crippen LogP contribution in [0.2, 0.25) is 0 Å². The Hall–Kier alpha value is -2.21. The zero-order chi connectivity index (χ0) is 13.8. The predicted octanol–water partition coefficient (Wildman–Crippen LogP) is 1.93. The van der Waals surface area contributed by atoms with Crippen molar-refractivity contribution in [2.75, 3.05) is 13.1 Å². The molecule has 0 fully saturated rings. The van der Waals surface area contributed by atoms with E-state index in [1.165, 1.54) is 0 Å². The second-order valence-electron chi connectivity index (χ2n) is 4.58. The van der Waals surface area contributed by atoms with Crippen LogP contribution in [0.1, 0.15) is 19.2 Å². The van der Waals surface area contributed by atoms with Crippen LogP contribution in [0, 0.1) is 0 Å². The Balaban J connectivity index is 1.76. The molecule has 20 heavy (non-hydrogen) atoms. The second kappa shape index (κ2) is 5.83. The van der Waals surface area contributed by atoms with E-state index < -0.39 is 0 Å². The second-order valence-corrected chi connectivity index (χ2v) is 4.58. The third-order valence-corrected chi connectivity index (χ3v) is 3.09. The minimum atomic E-state index is 0.735. The number of nitrogens with zero attached hydrogens (tertiary/aromatic N) is 4. The fraction of sp³-hybridized carbons (Fsp3) is 0.357. The van der Waals surface area contributed by atoms with Crippen LogP contribution in [0.15, 0.2) is 35.4 Å². The lowest BCUT2D eigenvalue weighted by Crippen LogP contribution is -2.17. The highest BCUT2D eigenvalue weighted by Gasteiger charge is 2.11. The van der Waals surface area contributed by atoms with E-state index in [0.717, 1.165) is 48.7 Å². The summed E-state index contributed by atoms with van der Waals surface area (Å²) in [6, 6.07) is 0. The van der Waals surface area contributed by atoms with Crippen LogP contribution < -0.4 is 5.32 Å². The number of rotatable bonds is 6. The van der Waals surface area contributed by atoms with E-state index in [4.69, 9.17) is 4.42 Å². The summed E-state index contributed by atoms with van der Waals surface area (Å²) < 4.78 is 7.56. The monoisotopic (exact) mass is 271 g/mol. The SMILES string of the molecule is CCCNCCc1ncc(-c2cnn3ccncc23)o1. The van der Waals surface area contributed by atoms with Crippen LogP contribution in [0.3, 0.4) is 0 Å². The molecule has 3 heterocycles. The minimum absolute atomic E-state index is 0.735. The molecule has 0 aliphatic carbocycles. The van der Waals surface area contributed by atoms with Gasteiger partial charge in [-0.05, 0) is 13.0 Å². The van der Waals surface area contributed by atoms with Crippen molar-refractivity contribution in [3.63, 3.8) is 0 Å². The summed E-state index contributed by atoms with van der Waals surface area (Å²) in [5.41, 5.74) is 1.83. The topological polar surface area (TPSA) is 68.2 Å². The smallest absolute Gasteiger partial charge is 0.196 e. The maximum absolute atomic E-state index is 5.78. The number of oxazole rings is 1. The van der Waals surface area contributed by atoms with Gasteiger partial charge in [-0.3, -0.25) is 4.98 Å². The molecule has 0 radical (unpaired) electrons. The summed E-state index contributed by atoms with van der Waals surface area (Å²) in [6.45, 7) is 4.05. The Labute approximate surface area is 116 Å². The molecule has 104 valence electrons. The molecule has 0 bridgehead atoms. The Kier molecular flexibility index (Phi) is 3.73. The highest BCUT2D eigenvalue weighted by Crippen LogP contribution is 2.24. The lowest BCUT2D eigenvalue weighted by Gasteiger charge is -1.99. The Morgan fingerprint density at radius 1 is 1.25 bits per heavy atom. The van der Waals surface area contributed by atoms with E-state index in [2.05, 4.69) is 27.3 Å². The first-order valence-corrected chi connectivity index (χ1v) is 6.81. The molecule has 0 aromatic carbocycles. The lowest BCUT2D eigenvalue weighted by molar-refractivity contribution is 0.495. The standard InChI is InChI=1S/C14H17N5O/c1-2-4-15-5-3-14-17-10-13(20-14)11-8-18-19-7-6-16-9-12(11)19/h6-10,15H,2-5H2,1H3. The average Bonchev–Trinajstić information content (AvgIpc) is 3.10. The summed E-state index contributed by atoms with van der Waals surface area (Å²) in [7, 11) is 0. The van der Waals surface area contributed by atoms with E-state index in [9.17, 15) is 0 Å². The van der Waals surface area contributed by atoms with Gasteiger partial charge in [-0.15, -0.1) is 0 Å². The molecule has 1 N–H and O–H groups in total. The van der Waals surface area contributed by atoms with Gasteiger partial charge in [0.2, 0.25) is 0 Å². The number of nitrogens with one attached hydrogen (secondary N) is 1. The Morgan fingerprint density at radius 2 is 2.20 bits per heavy atom. The van der Waals surface area contributed by atoms with Crippen molar-refractivity contribution in [2.45, 2.75) is 19.8 Å². The first kappa shape index (κ1) is 12.8. The van der Waals surface area contributed by atoms with Crippen molar-refractivity contribution in [3.05, 3.63) is 36.9 Å². The summed E-state index contributed by atoms with van der Waals surface area (Å²) >= 11 is 0. The molecule has 0 aliphatic heterocycles. The van der Waals surface area contributed by atoms with Gasteiger partial charge in [0.25, 0.3) is 0 Å². The highest BCUT2D eigenvalue weighted by atomic mass is 16.4. The van der Waals surface area contributed by atoms with E-state index in [1.807, 2.05) is 6.20 Å². The molecule has 3 aromatic rings. The molecule has 0 amide bonds. The molecule has 0 aliphatic rings. The van der Waals surface area contributed by atoms with Gasteiger partial charge in [-0.1, -0.05) is 6.92 Å². The summed E-state index contributed by atoms with van der Waals surface area (Å²) in [5.74, 6) is 1.48. The highest BCUT2D eigenvalue weighted by molar-refractivity contribution is 5.75. The van der Waals surface area contributed by atoms with Gasteiger partial charge in [0.05, 0.1) is 29.7 Å². The molecule has 0 spiro atoms. The van der Waals surface area contributed by atoms with Gasteiger partial charge < -0.3 is 9.73 Å². The Bertz CT molecular complexity index is 688. The van der Waals surface area contributed by atoms with E-state index in [-0.39, 0.29) is 0 Å². The van der Waals surface area contributed by atoms with Crippen molar-refractivity contribution >= 4 is 5.52 Å². The zero-order valence-electron chi connectivity index (χ0n) is 11.4. The normalized spacial score (nSPS) is 11.2. The molecular weight excluding hydrogens is 254 g/mol. The molecule has 0 saturated heterocycles. The first-order chi connectivity index (χ1) is 9.88. The molecule has 0 unspecified atom stereocenters. The van der Waals surface area contributed by atoms with Crippen LogP contribution in [0.25, 0.3) is 16.8 Å². The van der Waals surface area contributed by atoms with Crippen LogP contribution in [-0.2, 0) is 6.42 Å². The van der Waals surface area contributed by atoms with E-state index in [0.29, 0.717) is 0 Å². The van der Waals surface area contributed by atoms with Crippen molar-refractivity contribution in [1.29, 1.82) is 0 Å². The van der Waals surface area contributed by atoms with Crippen LogP contribution in [0.4, 0.5) is 0 Å². The van der Waals surface area contributed by atoms with Crippen LogP contribution in [-0.4, -0.2) is 32.7 Å². The Morgan fingerprint density at radius 3 is 3.10 bits per heavy atom. The molecular formula is C14H17N5O. The number of aromatic nitrogens is 4. The largest absolute Gasteiger partial charge is 0.441 e. The van der Waals surface area contributed by atoms with E-state index >= 15 is 0 Å². The molecule has 6 nitrogen and oxygen atoms in total. The quantitative estimate of drug-likeness (QED) is 0.694. The van der Waals surface area contributed by atoms with Gasteiger partial charge in [0.15, 0.2) is 11.7 Å². The third-order valence-electron chi connectivity index (χ3n) is 3.09. The molecule has 0 atom stereocenters. The van der Waals surface area contributed by atoms with Crippen molar-refractivity contribution in [3.8, 4) is 11.3 Å². The minimum Gasteiger partial charge on any atom is -0.441 e. The van der Waals surface area contributed by atoms with Crippen molar-refractivity contribution in [2.24, 2.45) is 0 Å². The molecule has 3 aromatic heterocycles. The summed E-state index contributed by atoms with van der Waals surface area (Å²) in [6.07, 6.45) is 10.7. The maximum Gasteiger partial charge on any atom is 0.196 e. The van der Waals surface area contributed by atoms with Gasteiger partial charge in [-0.2, -0.15) is 5.10 Å². The summed E-state index contributed by atoms with van der Waals surface area (Å²) in [5, 5.41) is 7.60. The predicted molar refractivity (Wildman–Crippen MR) is 75.3 cm³/mol. The average molecular weight is 271 g/mol. The van der Waals surface area contributed by atoms with Gasteiger partial charge in [0.1, 0.15) is 0 Å². The third kappa shape index (κ3) is 2.55. The number of hydrogen-bond donors (Lipinski definition) is 1. The lowest BCUT2D eigenvalue weighted by atomic mass is 10.2. The fourth-order valence-electron chi connectivity index (χ4n) is 2.07. The van der Waals surface area contributed by atoms with Crippen LogP contribution >= 0.6 is 0 Å². The molecule has 6 heteroatoms. The van der Waals surface area contributed by atoms with Crippen molar-refractivity contribution in [1.82, 2.24) is 24.9 Å². The molecule has 3 rings (SSSR count). The van der Waals surface area contributed by atoms with E-state index in [1.54, 1.807) is 29.3 Å². The van der Waals surface area contributed by atoms with Crippen molar-refractivity contribution < 1.29 is 4.42 Å². The molecule has 0 saturated carbocycles. The van der Waals surface area contributed by atoms with Gasteiger partial charge in [-0.25, -0.2) is 9.50 Å². The number of hydrogen-bond acceptors (Lipinski definition) is 5.